The van der Waals surface area contributed by atoms with Crippen LogP contribution >= 0.6 is 0 Å². The van der Waals surface area contributed by atoms with Gasteiger partial charge in [-0.1, -0.05) is 262 Å². The number of Topliss-reactive ketones (excluding diaryl/α,β-unsaturated/α-hetero) is 3. The Balaban J connectivity index is 1.76. The second-order valence-corrected chi connectivity index (χ2v) is 33.4. The molecular weight excluding hydrogens is 1440 g/mol. The molecule has 1 saturated heterocycles. The van der Waals surface area contributed by atoms with Crippen molar-refractivity contribution in [3.63, 3.8) is 0 Å². The second-order valence-electron chi connectivity index (χ2n) is 33.4. The average molecular weight is 1590 g/mol. The van der Waals surface area contributed by atoms with E-state index in [2.05, 4.69) is 50.0 Å². The zero-order chi connectivity index (χ0) is 83.7. The number of nitrogens with zero attached hydrogens (tertiary/aromatic N) is 4. The molecule has 1 fully saturated rings. The van der Waals surface area contributed by atoms with E-state index in [0.717, 1.165) is 43.6 Å². The Morgan fingerprint density at radius 3 is 1.29 bits per heavy atom. The van der Waals surface area contributed by atoms with Crippen LogP contribution in [-0.2, 0) is 60.8 Å². The molecule has 0 unspecified atom stereocenters. The topological polar surface area (TPSA) is 406 Å². The minimum Gasteiger partial charge on any atom is -0.370 e. The summed E-state index contributed by atoms with van der Waals surface area (Å²) in [6.07, 6.45) is 40.2. The van der Waals surface area contributed by atoms with Gasteiger partial charge in [-0.25, -0.2) is 0 Å². The smallest absolute Gasteiger partial charge is 0.245 e. The first-order valence-corrected chi connectivity index (χ1v) is 44.3. The van der Waals surface area contributed by atoms with Crippen LogP contribution in [0.2, 0.25) is 0 Å². The highest BCUT2D eigenvalue weighted by Crippen LogP contribution is 2.26. The number of hydrogen-bond donors (Lipinski definition) is 10. The number of hydrogen-bond acceptors (Lipinski definition) is 13. The molecule has 2 aromatic rings. The Hall–Kier alpha value is -7.76. The number of amides is 7. The van der Waals surface area contributed by atoms with Gasteiger partial charge in [0.1, 0.15) is 12.1 Å². The Kier molecular flexibility index (Phi) is 53.5. The first kappa shape index (κ1) is 100. The van der Waals surface area contributed by atoms with Gasteiger partial charge in [-0.2, -0.15) is 0 Å². The van der Waals surface area contributed by atoms with E-state index >= 15 is 14.4 Å². The number of rotatable bonds is 70. The number of aliphatic imine (C=N–C) groups is 2. The second kappa shape index (κ2) is 60.7. The lowest BCUT2D eigenvalue weighted by molar-refractivity contribution is -0.143. The quantitative estimate of drug-likeness (QED) is 0.0167. The van der Waals surface area contributed by atoms with Crippen LogP contribution in [0.3, 0.4) is 0 Å². The molecule has 0 spiro atoms. The molecule has 0 aromatic heterocycles. The van der Waals surface area contributed by atoms with Gasteiger partial charge in [0.2, 0.25) is 41.4 Å². The molecule has 0 radical (unpaired) electrons. The predicted molar refractivity (Wildman–Crippen MR) is 460 cm³/mol. The van der Waals surface area contributed by atoms with Crippen molar-refractivity contribution in [2.24, 2.45) is 68.1 Å². The van der Waals surface area contributed by atoms with E-state index in [0.29, 0.717) is 12.8 Å². The van der Waals surface area contributed by atoms with E-state index in [1.54, 1.807) is 26.0 Å². The van der Waals surface area contributed by atoms with E-state index in [1.807, 2.05) is 62.4 Å². The molecule has 644 valence electrons. The monoisotopic (exact) mass is 1590 g/mol. The maximum atomic E-state index is 15.1. The van der Waals surface area contributed by atoms with Crippen LogP contribution in [0.1, 0.15) is 329 Å². The highest BCUT2D eigenvalue weighted by Gasteiger charge is 2.41. The van der Waals surface area contributed by atoms with Gasteiger partial charge < -0.3 is 65.5 Å². The van der Waals surface area contributed by atoms with Crippen molar-refractivity contribution in [3.8, 4) is 0 Å². The van der Waals surface area contributed by atoms with Crippen molar-refractivity contribution in [1.82, 2.24) is 31.1 Å². The summed E-state index contributed by atoms with van der Waals surface area (Å²) in [4.78, 5) is 153. The van der Waals surface area contributed by atoms with Crippen molar-refractivity contribution in [2.45, 2.75) is 360 Å². The Bertz CT molecular complexity index is 3090. The molecule has 0 saturated carbocycles. The molecule has 3 rings (SSSR count). The standard InChI is InChI=1S/C90H154N14O10/c1-7-9-11-13-15-17-19-21-23-25-27-29-31-41-57-103(58-42-32-30-28-26-24-22-20-18-16-14-12-10-8-2)59-43-35-40-54-82(109)102-90(5,6)80(107)66-73(63-70-49-38-34-39-50-70)85(112)101-76(61-68(3)4)79(106)65-72(62-69-47-36-33-37-48-69)84(111)100-75(52-45-56-98-89(95)96)87(114)104-60-46-53-77(104)86(113)99-74(51-44-55-97-88(93)94)78(105)64-71(83(92)110)67-81(91)108/h33-34,36-39,47-50,68,71-77H,7-32,35,40-46,51-67H2,1-6H3,(H2,91,108)(H2,92,110)(H,99,113)(H,100,111)(H,101,112)(H,102,109)(H4,93,94,97)(H4,95,96,98)/t71-,72+,73+,74-,75-,76-,77-/m0/s1. The molecule has 7 amide bonds. The number of nitrogens with two attached hydrogens (primary N) is 6. The van der Waals surface area contributed by atoms with Gasteiger partial charge in [-0.15, -0.1) is 0 Å². The van der Waals surface area contributed by atoms with Crippen LogP contribution in [0.4, 0.5) is 0 Å². The van der Waals surface area contributed by atoms with Crippen LogP contribution < -0.4 is 55.7 Å². The fraction of sp³-hybridized carbons (Fsp3) is 0.733. The van der Waals surface area contributed by atoms with E-state index in [1.165, 1.54) is 185 Å². The molecule has 24 nitrogen and oxygen atoms in total. The molecule has 24 heteroatoms. The maximum Gasteiger partial charge on any atom is 0.245 e. The van der Waals surface area contributed by atoms with Gasteiger partial charge in [0, 0.05) is 63.6 Å². The fourth-order valence-electron chi connectivity index (χ4n) is 15.4. The summed E-state index contributed by atoms with van der Waals surface area (Å²) in [6.45, 7) is 15.2. The van der Waals surface area contributed by atoms with Gasteiger partial charge in [0.25, 0.3) is 0 Å². The Morgan fingerprint density at radius 2 is 0.868 bits per heavy atom. The molecule has 7 atom stereocenters. The van der Waals surface area contributed by atoms with E-state index < -0.39 is 107 Å². The normalized spacial score (nSPS) is 14.5. The lowest BCUT2D eigenvalue weighted by atomic mass is 9.85. The molecule has 1 aliphatic rings. The van der Waals surface area contributed by atoms with Gasteiger partial charge in [-0.05, 0) is 134 Å². The predicted octanol–water partition coefficient (Wildman–Crippen LogP) is 12.9. The number of ketones is 3. The van der Waals surface area contributed by atoms with Crippen LogP contribution in [0.5, 0.6) is 0 Å². The van der Waals surface area contributed by atoms with E-state index in [-0.39, 0.29) is 120 Å². The lowest BCUT2D eigenvalue weighted by Crippen LogP contribution is -2.56. The lowest BCUT2D eigenvalue weighted by Gasteiger charge is -2.31. The number of carbonyl (C=O) groups excluding carboxylic acids is 10. The number of likely N-dealkylation sites (tertiary alicyclic amines) is 1. The van der Waals surface area contributed by atoms with Gasteiger partial charge >= 0.3 is 0 Å². The zero-order valence-electron chi connectivity index (χ0n) is 71.3. The molecule has 0 bridgehead atoms. The first-order chi connectivity index (χ1) is 54.7. The Morgan fingerprint density at radius 1 is 0.474 bits per heavy atom. The van der Waals surface area contributed by atoms with Crippen LogP contribution in [-0.4, -0.2) is 149 Å². The SMILES string of the molecule is CCCCCCCCCCCCCCCCN(CCCCCCCCCCCCCCCC)CCCCCC(=O)NC(C)(C)C(=O)C[C@@H](Cc1ccccc1)C(=O)N[C@@H](CC(C)C)C(=O)C[C@@H](Cc1ccccc1)C(=O)N[C@@H](CCCN=C(N)N)C(=O)N1CCC[C@H]1C(=O)N[C@@H](CCCN=C(N)N)C(=O)C[C@@H](CC(N)=O)C(N)=O. The largest absolute Gasteiger partial charge is 0.370 e. The van der Waals surface area contributed by atoms with Gasteiger partial charge in [0.05, 0.1) is 23.5 Å². The number of guanidine groups is 2. The van der Waals surface area contributed by atoms with Crippen LogP contribution in [0.15, 0.2) is 70.6 Å². The number of carbonyl (C=O) groups is 10. The summed E-state index contributed by atoms with van der Waals surface area (Å²) in [5.41, 5.74) is 33.5. The molecular formula is C90H154N14O10. The average Bonchev–Trinajstić information content (AvgIpc) is 1.60. The third-order valence-electron chi connectivity index (χ3n) is 22.2. The number of unbranched alkanes of at least 4 members (excludes halogenated alkanes) is 28. The highest BCUT2D eigenvalue weighted by atomic mass is 16.2. The summed E-state index contributed by atoms with van der Waals surface area (Å²) in [5, 5.41) is 11.8. The fourth-order valence-corrected chi connectivity index (χ4v) is 15.4. The van der Waals surface area contributed by atoms with Crippen molar-refractivity contribution < 1.29 is 47.9 Å². The van der Waals surface area contributed by atoms with Crippen molar-refractivity contribution in [1.29, 1.82) is 0 Å². The van der Waals surface area contributed by atoms with Gasteiger partial charge in [0.15, 0.2) is 29.3 Å². The van der Waals surface area contributed by atoms with Gasteiger partial charge in [-0.3, -0.25) is 57.9 Å². The summed E-state index contributed by atoms with van der Waals surface area (Å²) >= 11 is 0. The molecule has 1 heterocycles. The molecule has 2 aromatic carbocycles. The summed E-state index contributed by atoms with van der Waals surface area (Å²) in [5.74, 6) is -9.65. The zero-order valence-corrected chi connectivity index (χ0v) is 71.3. The van der Waals surface area contributed by atoms with Crippen molar-refractivity contribution in [3.05, 3.63) is 71.8 Å². The maximum absolute atomic E-state index is 15.1. The van der Waals surface area contributed by atoms with Crippen molar-refractivity contribution in [2.75, 3.05) is 39.3 Å². The molecule has 16 N–H and O–H groups in total. The highest BCUT2D eigenvalue weighted by molar-refractivity contribution is 5.99. The summed E-state index contributed by atoms with van der Waals surface area (Å²) in [6, 6.07) is 13.7. The molecule has 1 aliphatic heterocycles. The van der Waals surface area contributed by atoms with E-state index in [9.17, 15) is 33.6 Å². The Labute approximate surface area is 685 Å². The number of primary amides is 2. The van der Waals surface area contributed by atoms with Crippen LogP contribution in [0, 0.1) is 23.7 Å². The van der Waals surface area contributed by atoms with E-state index in [4.69, 9.17) is 34.4 Å². The first-order valence-electron chi connectivity index (χ1n) is 44.3. The minimum absolute atomic E-state index is 0.00473. The number of benzene rings is 2. The molecule has 0 aliphatic carbocycles. The molecule has 114 heavy (non-hydrogen) atoms. The number of nitrogens with one attached hydrogen (secondary N) is 4. The summed E-state index contributed by atoms with van der Waals surface area (Å²) in [7, 11) is 0. The third kappa shape index (κ3) is 46.1. The summed E-state index contributed by atoms with van der Waals surface area (Å²) < 4.78 is 0. The van der Waals surface area contributed by atoms with Crippen LogP contribution in [0.25, 0.3) is 0 Å². The third-order valence-corrected chi connectivity index (χ3v) is 22.2. The minimum atomic E-state index is -1.32. The van der Waals surface area contributed by atoms with Crippen molar-refractivity contribution >= 4 is 70.6 Å².